The maximum Gasteiger partial charge on any atom is 0.241 e. The minimum atomic E-state index is -0.206. The highest BCUT2D eigenvalue weighted by molar-refractivity contribution is 6.03. The summed E-state index contributed by atoms with van der Waals surface area (Å²) in [5.74, 6) is 0.280. The second kappa shape index (κ2) is 10.2. The molecule has 6 nitrogen and oxygen atoms in total. The van der Waals surface area contributed by atoms with Gasteiger partial charge >= 0.3 is 0 Å². The first-order valence-corrected chi connectivity index (χ1v) is 11.6. The van der Waals surface area contributed by atoms with E-state index in [0.29, 0.717) is 6.54 Å². The molecule has 2 aliphatic rings. The van der Waals surface area contributed by atoms with Crippen LogP contribution in [0.1, 0.15) is 32.6 Å². The van der Waals surface area contributed by atoms with Gasteiger partial charge in [-0.25, -0.2) is 0 Å². The van der Waals surface area contributed by atoms with Crippen LogP contribution in [0.4, 0.5) is 5.69 Å². The lowest BCUT2D eigenvalue weighted by Gasteiger charge is -2.37. The summed E-state index contributed by atoms with van der Waals surface area (Å²) in [6.07, 6.45) is 4.73. The van der Waals surface area contributed by atoms with Crippen molar-refractivity contribution in [1.82, 2.24) is 14.7 Å². The molecule has 1 atom stereocenters. The van der Waals surface area contributed by atoms with E-state index in [1.807, 2.05) is 42.2 Å². The van der Waals surface area contributed by atoms with E-state index in [0.717, 1.165) is 68.6 Å². The molecule has 0 spiro atoms. The molecule has 2 aliphatic heterocycles. The molecule has 2 saturated heterocycles. The molecule has 31 heavy (non-hydrogen) atoms. The smallest absolute Gasteiger partial charge is 0.241 e. The average molecular weight is 423 g/mol. The predicted molar refractivity (Wildman–Crippen MR) is 125 cm³/mol. The molecule has 0 radical (unpaired) electrons. The number of hydrogen-bond donors (Lipinski definition) is 1. The van der Waals surface area contributed by atoms with E-state index in [9.17, 15) is 9.59 Å². The third-order valence-electron chi connectivity index (χ3n) is 6.70. The zero-order valence-corrected chi connectivity index (χ0v) is 18.6. The minimum absolute atomic E-state index is 0.0189. The van der Waals surface area contributed by atoms with Gasteiger partial charge < -0.3 is 10.2 Å². The summed E-state index contributed by atoms with van der Waals surface area (Å²) in [6.45, 7) is 7.54. The normalized spacial score (nSPS) is 19.7. The fraction of sp³-hybridized carbons (Fsp3) is 0.520. The van der Waals surface area contributed by atoms with Crippen LogP contribution >= 0.6 is 0 Å². The van der Waals surface area contributed by atoms with Gasteiger partial charge in [0.2, 0.25) is 11.8 Å². The highest BCUT2D eigenvalue weighted by Crippen LogP contribution is 2.23. The van der Waals surface area contributed by atoms with Crippen LogP contribution in [0.2, 0.25) is 0 Å². The number of nitrogens with one attached hydrogen (secondary N) is 1. The molecule has 2 aromatic carbocycles. The molecule has 4 rings (SSSR count). The third kappa shape index (κ3) is 5.43. The number of amides is 2. The van der Waals surface area contributed by atoms with Crippen LogP contribution in [0.5, 0.6) is 0 Å². The third-order valence-corrected chi connectivity index (χ3v) is 6.70. The monoisotopic (exact) mass is 422 g/mol. The van der Waals surface area contributed by atoms with E-state index in [1.165, 1.54) is 12.8 Å². The molecule has 0 aromatic heterocycles. The second-order valence-corrected chi connectivity index (χ2v) is 8.80. The van der Waals surface area contributed by atoms with Gasteiger partial charge in [-0.15, -0.1) is 0 Å². The average Bonchev–Trinajstić information content (AvgIpc) is 3.09. The van der Waals surface area contributed by atoms with Crippen molar-refractivity contribution in [1.29, 1.82) is 0 Å². The Morgan fingerprint density at radius 1 is 0.871 bits per heavy atom. The number of nitrogens with zero attached hydrogens (tertiary/aromatic N) is 3. The van der Waals surface area contributed by atoms with Crippen molar-refractivity contribution in [2.24, 2.45) is 0 Å². The SMILES string of the molecule is CC(C(=O)Nc1cccc2ccccc12)N1CCN(CC(=O)N2CCCCCC2)CC1. The zero-order chi connectivity index (χ0) is 21.6. The summed E-state index contributed by atoms with van der Waals surface area (Å²) in [6, 6.07) is 13.9. The van der Waals surface area contributed by atoms with Crippen LogP contribution in [0.25, 0.3) is 10.8 Å². The highest BCUT2D eigenvalue weighted by atomic mass is 16.2. The fourth-order valence-electron chi connectivity index (χ4n) is 4.66. The Kier molecular flexibility index (Phi) is 7.20. The number of benzene rings is 2. The highest BCUT2D eigenvalue weighted by Gasteiger charge is 2.27. The van der Waals surface area contributed by atoms with Gasteiger partial charge in [-0.1, -0.05) is 49.2 Å². The van der Waals surface area contributed by atoms with Gasteiger partial charge in [-0.2, -0.15) is 0 Å². The van der Waals surface area contributed by atoms with E-state index in [4.69, 9.17) is 0 Å². The molecular formula is C25H34N4O2. The van der Waals surface area contributed by atoms with E-state index >= 15 is 0 Å². The topological polar surface area (TPSA) is 55.9 Å². The van der Waals surface area contributed by atoms with Gasteiger partial charge in [-0.3, -0.25) is 19.4 Å². The van der Waals surface area contributed by atoms with Crippen LogP contribution in [0, 0.1) is 0 Å². The molecule has 6 heteroatoms. The van der Waals surface area contributed by atoms with Crippen molar-refractivity contribution in [3.05, 3.63) is 42.5 Å². The molecule has 2 amide bonds. The summed E-state index contributed by atoms with van der Waals surface area (Å²) in [5, 5.41) is 5.30. The first kappa shape index (κ1) is 21.8. The predicted octanol–water partition coefficient (Wildman–Crippen LogP) is 3.19. The lowest BCUT2D eigenvalue weighted by Crippen LogP contribution is -2.54. The molecular weight excluding hydrogens is 388 g/mol. The van der Waals surface area contributed by atoms with E-state index < -0.39 is 0 Å². The summed E-state index contributed by atoms with van der Waals surface area (Å²) in [7, 11) is 0. The minimum Gasteiger partial charge on any atom is -0.342 e. The Morgan fingerprint density at radius 3 is 2.29 bits per heavy atom. The van der Waals surface area contributed by atoms with Crippen LogP contribution in [-0.2, 0) is 9.59 Å². The number of anilines is 1. The number of likely N-dealkylation sites (tertiary alicyclic amines) is 1. The molecule has 166 valence electrons. The maximum atomic E-state index is 12.9. The molecule has 0 bridgehead atoms. The van der Waals surface area contributed by atoms with Gasteiger partial charge in [0.15, 0.2) is 0 Å². The Balaban J connectivity index is 1.28. The molecule has 1 unspecified atom stereocenters. The zero-order valence-electron chi connectivity index (χ0n) is 18.6. The quantitative estimate of drug-likeness (QED) is 0.804. The van der Waals surface area contributed by atoms with Gasteiger partial charge in [-0.05, 0) is 31.2 Å². The summed E-state index contributed by atoms with van der Waals surface area (Å²) in [5.41, 5.74) is 0.858. The summed E-state index contributed by atoms with van der Waals surface area (Å²) < 4.78 is 0. The summed E-state index contributed by atoms with van der Waals surface area (Å²) in [4.78, 5) is 32.1. The lowest BCUT2D eigenvalue weighted by molar-refractivity contribution is -0.133. The van der Waals surface area contributed by atoms with Crippen LogP contribution in [0.3, 0.4) is 0 Å². The van der Waals surface area contributed by atoms with Crippen molar-refractivity contribution < 1.29 is 9.59 Å². The van der Waals surface area contributed by atoms with Crippen molar-refractivity contribution in [2.45, 2.75) is 38.6 Å². The first-order valence-electron chi connectivity index (χ1n) is 11.6. The second-order valence-electron chi connectivity index (χ2n) is 8.80. The van der Waals surface area contributed by atoms with Crippen LogP contribution < -0.4 is 5.32 Å². The fourth-order valence-corrected chi connectivity index (χ4v) is 4.66. The van der Waals surface area contributed by atoms with Gasteiger partial charge in [0.05, 0.1) is 12.6 Å². The van der Waals surface area contributed by atoms with E-state index in [-0.39, 0.29) is 17.9 Å². The number of piperazine rings is 1. The molecule has 2 heterocycles. The molecule has 2 aromatic rings. The van der Waals surface area contributed by atoms with Gasteiger partial charge in [0.1, 0.15) is 0 Å². The number of hydrogen-bond acceptors (Lipinski definition) is 4. The Hall–Kier alpha value is -2.44. The van der Waals surface area contributed by atoms with Crippen LogP contribution in [-0.4, -0.2) is 78.4 Å². The number of rotatable bonds is 5. The lowest BCUT2D eigenvalue weighted by atomic mass is 10.1. The Labute approximate surface area is 185 Å². The van der Waals surface area contributed by atoms with Gasteiger partial charge in [0.25, 0.3) is 0 Å². The maximum absolute atomic E-state index is 12.9. The largest absolute Gasteiger partial charge is 0.342 e. The standard InChI is InChI=1S/C25H34N4O2/c1-20(25(31)26-23-12-8-10-21-9-4-5-11-22(21)23)28-17-15-27(16-18-28)19-24(30)29-13-6-2-3-7-14-29/h4-5,8-12,20H,2-3,6-7,13-19H2,1H3,(H,26,31). The van der Waals surface area contributed by atoms with Crippen molar-refractivity contribution >= 4 is 28.3 Å². The Morgan fingerprint density at radius 2 is 1.55 bits per heavy atom. The molecule has 2 fully saturated rings. The number of carbonyl (C=O) groups is 2. The van der Waals surface area contributed by atoms with E-state index in [2.05, 4.69) is 27.2 Å². The van der Waals surface area contributed by atoms with Crippen molar-refractivity contribution in [3.63, 3.8) is 0 Å². The molecule has 0 saturated carbocycles. The summed E-state index contributed by atoms with van der Waals surface area (Å²) >= 11 is 0. The Bertz CT molecular complexity index is 894. The van der Waals surface area contributed by atoms with Crippen molar-refractivity contribution in [2.75, 3.05) is 51.1 Å². The number of carbonyl (C=O) groups excluding carboxylic acids is 2. The van der Waals surface area contributed by atoms with Crippen LogP contribution in [0.15, 0.2) is 42.5 Å². The molecule has 0 aliphatic carbocycles. The first-order chi connectivity index (χ1) is 15.1. The molecule has 1 N–H and O–H groups in total. The number of fused-ring (bicyclic) bond motifs is 1. The van der Waals surface area contributed by atoms with Crippen molar-refractivity contribution in [3.8, 4) is 0 Å². The van der Waals surface area contributed by atoms with E-state index in [1.54, 1.807) is 0 Å². The van der Waals surface area contributed by atoms with Gasteiger partial charge in [0, 0.05) is 50.3 Å².